The van der Waals surface area contributed by atoms with Crippen molar-refractivity contribution < 1.29 is 9.53 Å². The van der Waals surface area contributed by atoms with Crippen LogP contribution in [0.5, 0.6) is 0 Å². The predicted octanol–water partition coefficient (Wildman–Crippen LogP) is 2.66. The van der Waals surface area contributed by atoms with Crippen molar-refractivity contribution in [3.05, 3.63) is 34.9 Å². The van der Waals surface area contributed by atoms with Gasteiger partial charge in [0.05, 0.1) is 7.11 Å². The molecule has 0 bridgehead atoms. The molecule has 0 fully saturated rings. The SMILES string of the molecule is CCc1ccc(CCC(=O)OC)cc1C. The molecule has 0 saturated carbocycles. The summed E-state index contributed by atoms with van der Waals surface area (Å²) in [6, 6.07) is 6.39. The van der Waals surface area contributed by atoms with E-state index >= 15 is 0 Å². The molecule has 0 heterocycles. The lowest BCUT2D eigenvalue weighted by atomic mass is 10.0. The summed E-state index contributed by atoms with van der Waals surface area (Å²) < 4.78 is 4.61. The number of rotatable bonds is 4. The normalized spacial score (nSPS) is 10.1. The van der Waals surface area contributed by atoms with Crippen molar-refractivity contribution >= 4 is 5.97 Å². The van der Waals surface area contributed by atoms with Crippen LogP contribution in [-0.4, -0.2) is 13.1 Å². The maximum Gasteiger partial charge on any atom is 0.305 e. The van der Waals surface area contributed by atoms with Gasteiger partial charge in [-0.15, -0.1) is 0 Å². The maximum atomic E-state index is 11.0. The lowest BCUT2D eigenvalue weighted by Gasteiger charge is -2.06. The second-order valence-electron chi connectivity index (χ2n) is 3.69. The van der Waals surface area contributed by atoms with E-state index in [1.54, 1.807) is 0 Å². The minimum absolute atomic E-state index is 0.146. The highest BCUT2D eigenvalue weighted by atomic mass is 16.5. The topological polar surface area (TPSA) is 26.3 Å². The Morgan fingerprint density at radius 1 is 1.40 bits per heavy atom. The Hall–Kier alpha value is -1.31. The molecular weight excluding hydrogens is 188 g/mol. The van der Waals surface area contributed by atoms with Crippen LogP contribution in [-0.2, 0) is 22.4 Å². The monoisotopic (exact) mass is 206 g/mol. The van der Waals surface area contributed by atoms with E-state index in [1.807, 2.05) is 0 Å². The number of carbonyl (C=O) groups excluding carboxylic acids is 1. The third-order valence-electron chi connectivity index (χ3n) is 2.63. The van der Waals surface area contributed by atoms with Gasteiger partial charge >= 0.3 is 5.97 Å². The first-order chi connectivity index (χ1) is 7.17. The maximum absolute atomic E-state index is 11.0. The number of methoxy groups -OCH3 is 1. The van der Waals surface area contributed by atoms with Crippen LogP contribution in [0.4, 0.5) is 0 Å². The number of ether oxygens (including phenoxy) is 1. The number of esters is 1. The average Bonchev–Trinajstić information content (AvgIpc) is 2.26. The Labute approximate surface area is 91.3 Å². The number of aryl methyl sites for hydroxylation is 3. The van der Waals surface area contributed by atoms with Gasteiger partial charge in [0, 0.05) is 6.42 Å². The van der Waals surface area contributed by atoms with Gasteiger partial charge in [-0.25, -0.2) is 0 Å². The second kappa shape index (κ2) is 5.54. The number of benzene rings is 1. The van der Waals surface area contributed by atoms with Crippen LogP contribution < -0.4 is 0 Å². The van der Waals surface area contributed by atoms with Gasteiger partial charge in [-0.05, 0) is 36.5 Å². The molecule has 82 valence electrons. The highest BCUT2D eigenvalue weighted by Gasteiger charge is 2.02. The largest absolute Gasteiger partial charge is 0.469 e. The summed E-state index contributed by atoms with van der Waals surface area (Å²) >= 11 is 0. The average molecular weight is 206 g/mol. The first-order valence-electron chi connectivity index (χ1n) is 5.32. The fourth-order valence-electron chi connectivity index (χ4n) is 1.66. The Kier molecular flexibility index (Phi) is 4.35. The summed E-state index contributed by atoms with van der Waals surface area (Å²) in [5.74, 6) is -0.146. The van der Waals surface area contributed by atoms with Crippen molar-refractivity contribution in [2.75, 3.05) is 7.11 Å². The van der Waals surface area contributed by atoms with Gasteiger partial charge in [0.25, 0.3) is 0 Å². The highest BCUT2D eigenvalue weighted by Crippen LogP contribution is 2.13. The third-order valence-corrected chi connectivity index (χ3v) is 2.63. The number of hydrogen-bond donors (Lipinski definition) is 0. The van der Waals surface area contributed by atoms with E-state index in [1.165, 1.54) is 23.8 Å². The van der Waals surface area contributed by atoms with Gasteiger partial charge in [0.15, 0.2) is 0 Å². The highest BCUT2D eigenvalue weighted by molar-refractivity contribution is 5.69. The quantitative estimate of drug-likeness (QED) is 0.708. The Morgan fingerprint density at radius 3 is 2.67 bits per heavy atom. The van der Waals surface area contributed by atoms with Gasteiger partial charge in [-0.3, -0.25) is 4.79 Å². The molecule has 0 atom stereocenters. The van der Waals surface area contributed by atoms with Crippen molar-refractivity contribution in [1.82, 2.24) is 0 Å². The molecule has 0 aliphatic carbocycles. The molecule has 0 aromatic heterocycles. The van der Waals surface area contributed by atoms with Crippen LogP contribution in [0.3, 0.4) is 0 Å². The van der Waals surface area contributed by atoms with E-state index in [-0.39, 0.29) is 5.97 Å². The molecule has 0 amide bonds. The standard InChI is InChI=1S/C13H18O2/c1-4-12-7-5-11(9-10(12)2)6-8-13(14)15-3/h5,7,9H,4,6,8H2,1-3H3. The minimum atomic E-state index is -0.146. The fourth-order valence-corrected chi connectivity index (χ4v) is 1.66. The first kappa shape index (κ1) is 11.8. The molecule has 2 heteroatoms. The molecule has 0 aliphatic heterocycles. The van der Waals surface area contributed by atoms with Crippen LogP contribution in [0.1, 0.15) is 30.0 Å². The molecule has 0 aliphatic rings. The first-order valence-corrected chi connectivity index (χ1v) is 5.32. The van der Waals surface area contributed by atoms with Crippen molar-refractivity contribution in [2.45, 2.75) is 33.1 Å². The summed E-state index contributed by atoms with van der Waals surface area (Å²) in [4.78, 5) is 11.0. The second-order valence-corrected chi connectivity index (χ2v) is 3.69. The molecule has 2 nitrogen and oxygen atoms in total. The van der Waals surface area contributed by atoms with Crippen LogP contribution in [0.15, 0.2) is 18.2 Å². The minimum Gasteiger partial charge on any atom is -0.469 e. The summed E-state index contributed by atoms with van der Waals surface area (Å²) in [6.07, 6.45) is 2.28. The van der Waals surface area contributed by atoms with Crippen molar-refractivity contribution in [2.24, 2.45) is 0 Å². The summed E-state index contributed by atoms with van der Waals surface area (Å²) in [6.45, 7) is 4.26. The Balaban J connectivity index is 2.63. The van der Waals surface area contributed by atoms with Crippen LogP contribution in [0, 0.1) is 6.92 Å². The van der Waals surface area contributed by atoms with Crippen molar-refractivity contribution in [3.8, 4) is 0 Å². The molecule has 0 radical (unpaired) electrons. The lowest BCUT2D eigenvalue weighted by Crippen LogP contribution is -2.02. The van der Waals surface area contributed by atoms with Gasteiger partial charge in [0.2, 0.25) is 0 Å². The van der Waals surface area contributed by atoms with Crippen LogP contribution in [0.2, 0.25) is 0 Å². The zero-order valence-corrected chi connectivity index (χ0v) is 9.67. The Morgan fingerprint density at radius 2 is 2.13 bits per heavy atom. The van der Waals surface area contributed by atoms with Gasteiger partial charge in [-0.1, -0.05) is 25.1 Å². The van der Waals surface area contributed by atoms with E-state index in [0.29, 0.717) is 6.42 Å². The van der Waals surface area contributed by atoms with E-state index in [0.717, 1.165) is 12.8 Å². The summed E-state index contributed by atoms with van der Waals surface area (Å²) in [5.41, 5.74) is 3.88. The Bertz CT molecular complexity index is 342. The molecule has 1 aromatic rings. The van der Waals surface area contributed by atoms with Gasteiger partial charge < -0.3 is 4.74 Å². The third kappa shape index (κ3) is 3.39. The van der Waals surface area contributed by atoms with Crippen LogP contribution >= 0.6 is 0 Å². The number of hydrogen-bond acceptors (Lipinski definition) is 2. The van der Waals surface area contributed by atoms with E-state index in [4.69, 9.17) is 0 Å². The lowest BCUT2D eigenvalue weighted by molar-refractivity contribution is -0.140. The molecule has 15 heavy (non-hydrogen) atoms. The van der Waals surface area contributed by atoms with Crippen LogP contribution in [0.25, 0.3) is 0 Å². The summed E-state index contributed by atoms with van der Waals surface area (Å²) in [5, 5.41) is 0. The zero-order valence-electron chi connectivity index (χ0n) is 9.67. The molecule has 1 rings (SSSR count). The van der Waals surface area contributed by atoms with Gasteiger partial charge in [-0.2, -0.15) is 0 Å². The molecule has 0 saturated heterocycles. The van der Waals surface area contributed by atoms with E-state index in [9.17, 15) is 4.79 Å². The van der Waals surface area contributed by atoms with Gasteiger partial charge in [0.1, 0.15) is 0 Å². The fraction of sp³-hybridized carbons (Fsp3) is 0.462. The molecular formula is C13H18O2. The predicted molar refractivity (Wildman–Crippen MR) is 60.9 cm³/mol. The van der Waals surface area contributed by atoms with Crippen molar-refractivity contribution in [1.29, 1.82) is 0 Å². The molecule has 1 aromatic carbocycles. The molecule has 0 spiro atoms. The van der Waals surface area contributed by atoms with Crippen molar-refractivity contribution in [3.63, 3.8) is 0 Å². The van der Waals surface area contributed by atoms with E-state index in [2.05, 4.69) is 36.8 Å². The number of carbonyl (C=O) groups is 1. The van der Waals surface area contributed by atoms with E-state index < -0.39 is 0 Å². The smallest absolute Gasteiger partial charge is 0.305 e. The molecule has 0 N–H and O–H groups in total. The molecule has 0 unspecified atom stereocenters. The zero-order chi connectivity index (χ0) is 11.3. The summed E-state index contributed by atoms with van der Waals surface area (Å²) in [7, 11) is 1.42.